The SMILES string of the molecule is [2H]c1c([2H])c([2H])c(-c2nc(-c3c([2H])c([2H])c([2H])c([2H])c3[2H])nc(-c3c([2H])c([2H])c4c(oc5c([2H])c(-c6c([2H])c(-c7c([2H])c([2H])c8sc9c([2H])c([2H])c([2H])c([2H])c9c8c7[2H])c([2H])c7c6oc6c([2H])c([2H])c([2H])c([2H])c67)c([2H])c([2H])c54)c3[2H])n2)c([2H])c1[2H]. The summed E-state index contributed by atoms with van der Waals surface area (Å²) in [5.74, 6) is -2.38. The molecular formula is C51H29N3O2S. The van der Waals surface area contributed by atoms with Crippen LogP contribution in [0.4, 0.5) is 0 Å². The van der Waals surface area contributed by atoms with E-state index >= 15 is 0 Å². The van der Waals surface area contributed by atoms with Crippen LogP contribution in [0.1, 0.15) is 39.8 Å². The number of nitrogens with zero attached hydrogens (tertiary/aromatic N) is 3. The summed E-state index contributed by atoms with van der Waals surface area (Å²) in [6.45, 7) is 0. The smallest absolute Gasteiger partial charge is 0.164 e. The molecule has 5 nitrogen and oxygen atoms in total. The summed E-state index contributed by atoms with van der Waals surface area (Å²) in [7, 11) is 0. The lowest BCUT2D eigenvalue weighted by Crippen LogP contribution is -2.00. The largest absolute Gasteiger partial charge is 0.456 e. The van der Waals surface area contributed by atoms with Gasteiger partial charge in [-0.2, -0.15) is 0 Å². The number of fused-ring (bicyclic) bond motifs is 9. The molecule has 0 aliphatic rings. The first-order valence-electron chi connectivity index (χ1n) is 31.1. The molecule has 0 atom stereocenters. The Morgan fingerprint density at radius 3 is 1.63 bits per heavy atom. The van der Waals surface area contributed by atoms with Gasteiger partial charge in [-0.05, 0) is 77.1 Å². The number of thiophene rings is 1. The lowest BCUT2D eigenvalue weighted by atomic mass is 9.94. The Bertz CT molecular complexity index is 5100. The highest BCUT2D eigenvalue weighted by Gasteiger charge is 2.19. The number of furan rings is 2. The van der Waals surface area contributed by atoms with Gasteiger partial charge >= 0.3 is 0 Å². The van der Waals surface area contributed by atoms with Gasteiger partial charge in [0.25, 0.3) is 0 Å². The lowest BCUT2D eigenvalue weighted by molar-refractivity contribution is 0.668. The summed E-state index contributed by atoms with van der Waals surface area (Å²) < 4.78 is 271. The molecule has 4 aromatic heterocycles. The highest BCUT2D eigenvalue weighted by atomic mass is 32.1. The van der Waals surface area contributed by atoms with E-state index in [1.807, 2.05) is 0 Å². The van der Waals surface area contributed by atoms with Crippen LogP contribution in [-0.2, 0) is 0 Å². The first-order chi connectivity index (χ1) is 40.3. The van der Waals surface area contributed by atoms with E-state index < -0.39 is 276 Å². The van der Waals surface area contributed by atoms with Crippen LogP contribution in [-0.4, -0.2) is 15.0 Å². The third-order valence-electron chi connectivity index (χ3n) is 8.76. The third-order valence-corrected chi connectivity index (χ3v) is 9.78. The summed E-state index contributed by atoms with van der Waals surface area (Å²) in [6.07, 6.45) is 0. The maximum atomic E-state index is 9.96. The summed E-state index contributed by atoms with van der Waals surface area (Å²) in [4.78, 5) is 12.8. The lowest BCUT2D eigenvalue weighted by Gasteiger charge is -2.09. The molecule has 0 saturated carbocycles. The van der Waals surface area contributed by atoms with Crippen molar-refractivity contribution in [3.8, 4) is 56.4 Å². The Balaban J connectivity index is 1.19. The highest BCUT2D eigenvalue weighted by Crippen LogP contribution is 2.43. The number of hydrogen-bond donors (Lipinski definition) is 0. The minimum Gasteiger partial charge on any atom is -0.456 e. The Morgan fingerprint density at radius 1 is 0.351 bits per heavy atom. The predicted octanol–water partition coefficient (Wildman–Crippen LogP) is 14.4. The number of aromatic nitrogens is 3. The standard InChI is InChI=1S/C51H29N3O2S/c1-3-11-30(12-4-1)49-52-50(31-13-5-2-6-14-31)54-51(53-49)34-20-23-38-37-22-19-33(28-44(37)55-45(38)29-34)40-26-35(27-42-36-15-7-9-17-43(36)56-48(40)42)32-21-24-47-41(25-32)39-16-8-10-18-46(39)57-47/h1-29H/i1D,2D,3D,4D,5D,6D,7D,8D,9D,10D,11D,12D,13D,14D,15D,16D,17D,18D,19D,20D,21D,22D,23D,24D,25D,26D,27D,28D,29D. The average molecular weight is 777 g/mol. The van der Waals surface area contributed by atoms with Crippen molar-refractivity contribution in [3.05, 3.63) is 175 Å². The molecule has 0 fully saturated rings. The summed E-state index contributed by atoms with van der Waals surface area (Å²) in [5.41, 5.74) is -7.69. The fourth-order valence-corrected chi connectivity index (χ4v) is 7.16. The van der Waals surface area contributed by atoms with E-state index in [2.05, 4.69) is 15.0 Å². The van der Waals surface area contributed by atoms with Crippen molar-refractivity contribution in [1.82, 2.24) is 15.0 Å². The van der Waals surface area contributed by atoms with Gasteiger partial charge in [-0.15, -0.1) is 11.3 Å². The van der Waals surface area contributed by atoms with Crippen LogP contribution < -0.4 is 0 Å². The maximum absolute atomic E-state index is 9.96. The van der Waals surface area contributed by atoms with Crippen molar-refractivity contribution in [1.29, 1.82) is 0 Å². The van der Waals surface area contributed by atoms with Gasteiger partial charge in [0.15, 0.2) is 17.5 Å². The van der Waals surface area contributed by atoms with Crippen molar-refractivity contribution in [2.45, 2.75) is 0 Å². The van der Waals surface area contributed by atoms with Gasteiger partial charge in [-0.1, -0.05) is 115 Å². The first-order valence-corrected chi connectivity index (χ1v) is 17.4. The van der Waals surface area contributed by atoms with Crippen molar-refractivity contribution < 1.29 is 48.6 Å². The average Bonchev–Trinajstić information content (AvgIpc) is 1.54. The molecule has 0 amide bonds. The molecule has 0 aliphatic carbocycles. The molecule has 266 valence electrons. The second-order valence-corrected chi connectivity index (χ2v) is 13.1. The van der Waals surface area contributed by atoms with Gasteiger partial charge in [-0.3, -0.25) is 0 Å². The molecule has 8 aromatic carbocycles. The Kier molecular flexibility index (Phi) is 3.22. The predicted molar refractivity (Wildman–Crippen MR) is 234 cm³/mol. The zero-order valence-electron chi connectivity index (χ0n) is 57.1. The zero-order valence-corrected chi connectivity index (χ0v) is 28.9. The normalized spacial score (nSPS) is 19.0. The van der Waals surface area contributed by atoms with Gasteiger partial charge in [-0.25, -0.2) is 15.0 Å². The number of hydrogen-bond acceptors (Lipinski definition) is 6. The van der Waals surface area contributed by atoms with Crippen LogP contribution in [0.5, 0.6) is 0 Å². The van der Waals surface area contributed by atoms with Crippen molar-refractivity contribution in [2.75, 3.05) is 0 Å². The van der Waals surface area contributed by atoms with E-state index in [4.69, 9.17) is 33.5 Å². The molecule has 12 aromatic rings. The van der Waals surface area contributed by atoms with Gasteiger partial charge in [0.2, 0.25) is 0 Å². The number of para-hydroxylation sites is 1. The summed E-state index contributed by atoms with van der Waals surface area (Å²) in [5, 5.41) is -2.59. The van der Waals surface area contributed by atoms with E-state index in [1.165, 1.54) is 0 Å². The molecule has 0 saturated heterocycles. The van der Waals surface area contributed by atoms with E-state index in [0.29, 0.717) is 11.3 Å². The van der Waals surface area contributed by atoms with Crippen LogP contribution >= 0.6 is 11.3 Å². The fourth-order valence-electron chi connectivity index (χ4n) is 6.24. The van der Waals surface area contributed by atoms with Crippen molar-refractivity contribution >= 4 is 75.4 Å². The van der Waals surface area contributed by atoms with Crippen LogP contribution in [0.15, 0.2) is 184 Å². The minimum absolute atomic E-state index is 0.0876. The molecule has 4 heterocycles. The first kappa shape index (κ1) is 14.6. The van der Waals surface area contributed by atoms with Crippen LogP contribution in [0.3, 0.4) is 0 Å². The Morgan fingerprint density at radius 2 is 0.895 bits per heavy atom. The van der Waals surface area contributed by atoms with E-state index in [1.54, 1.807) is 0 Å². The molecule has 6 heteroatoms. The monoisotopic (exact) mass is 776 g/mol. The van der Waals surface area contributed by atoms with E-state index in [-0.39, 0.29) is 20.2 Å². The van der Waals surface area contributed by atoms with Crippen molar-refractivity contribution in [2.24, 2.45) is 0 Å². The second kappa shape index (κ2) is 12.6. The molecule has 0 bridgehead atoms. The molecule has 0 aliphatic heterocycles. The Hall–Kier alpha value is -7.41. The van der Waals surface area contributed by atoms with Crippen molar-refractivity contribution in [3.63, 3.8) is 0 Å². The second-order valence-electron chi connectivity index (χ2n) is 12.1. The summed E-state index contributed by atoms with van der Waals surface area (Å²) in [6, 6.07) is -23.8. The molecule has 0 radical (unpaired) electrons. The van der Waals surface area contributed by atoms with Crippen LogP contribution in [0.25, 0.3) is 120 Å². The number of benzene rings is 8. The third kappa shape index (κ3) is 5.26. The topological polar surface area (TPSA) is 65.0 Å². The van der Waals surface area contributed by atoms with Gasteiger partial charge < -0.3 is 8.83 Å². The molecule has 0 N–H and O–H groups in total. The van der Waals surface area contributed by atoms with Gasteiger partial charge in [0.1, 0.15) is 22.3 Å². The van der Waals surface area contributed by atoms with E-state index in [0.717, 1.165) is 0 Å². The zero-order chi connectivity index (χ0) is 62.7. The molecule has 0 unspecified atom stereocenters. The molecular weight excluding hydrogens is 719 g/mol. The number of rotatable bonds is 5. The fraction of sp³-hybridized carbons (Fsp3) is 0. The van der Waals surface area contributed by atoms with Gasteiger partial charge in [0, 0.05) is 64.0 Å². The maximum Gasteiger partial charge on any atom is 0.164 e. The molecule has 12 rings (SSSR count). The summed E-state index contributed by atoms with van der Waals surface area (Å²) >= 11 is 0.695. The van der Waals surface area contributed by atoms with Crippen LogP contribution in [0, 0.1) is 0 Å². The van der Waals surface area contributed by atoms with Gasteiger partial charge in [0.05, 0.1) is 39.8 Å². The Labute approximate surface area is 370 Å². The minimum atomic E-state index is -0.970. The molecule has 0 spiro atoms. The van der Waals surface area contributed by atoms with E-state index in [9.17, 15) is 15.1 Å². The highest BCUT2D eigenvalue weighted by molar-refractivity contribution is 7.25. The molecule has 57 heavy (non-hydrogen) atoms. The van der Waals surface area contributed by atoms with Crippen LogP contribution in [0.2, 0.25) is 0 Å². The quantitative estimate of drug-likeness (QED) is 0.174.